The van der Waals surface area contributed by atoms with E-state index in [-0.39, 0.29) is 23.5 Å². The number of carbonyl (C=O) groups excluding carboxylic acids is 2. The van der Waals surface area contributed by atoms with Gasteiger partial charge in [0, 0.05) is 5.92 Å². The molecule has 1 aromatic heterocycles. The molecule has 0 saturated carbocycles. The molecule has 2 rings (SSSR count). The van der Waals surface area contributed by atoms with Crippen molar-refractivity contribution in [3.63, 3.8) is 0 Å². The van der Waals surface area contributed by atoms with Gasteiger partial charge in [-0.15, -0.1) is 10.2 Å². The van der Waals surface area contributed by atoms with Crippen LogP contribution >= 0.6 is 23.1 Å². The Balaban J connectivity index is 1.85. The lowest BCUT2D eigenvalue weighted by atomic mass is 10.1. The van der Waals surface area contributed by atoms with Crippen molar-refractivity contribution in [2.45, 2.75) is 24.6 Å². The maximum absolute atomic E-state index is 12.1. The average molecular weight is 380 g/mol. The molecule has 2 N–H and O–H groups in total. The molecule has 1 aromatic carbocycles. The van der Waals surface area contributed by atoms with Crippen LogP contribution in [0.3, 0.4) is 0 Å². The molecule has 0 aliphatic heterocycles. The van der Waals surface area contributed by atoms with Crippen molar-refractivity contribution in [2.75, 3.05) is 23.5 Å². The van der Waals surface area contributed by atoms with Gasteiger partial charge in [0.2, 0.25) is 16.9 Å². The fourth-order valence-electron chi connectivity index (χ4n) is 1.79. The van der Waals surface area contributed by atoms with Crippen molar-refractivity contribution >= 4 is 45.7 Å². The number of hydrogen-bond acceptors (Lipinski definition) is 7. The molecule has 0 aliphatic carbocycles. The lowest BCUT2D eigenvalue weighted by Crippen LogP contribution is -2.19. The zero-order valence-electron chi connectivity index (χ0n) is 14.2. The summed E-state index contributed by atoms with van der Waals surface area (Å²) in [4.78, 5) is 23.9. The first kappa shape index (κ1) is 19.2. The summed E-state index contributed by atoms with van der Waals surface area (Å²) in [6.07, 6.45) is 0.759. The van der Waals surface area contributed by atoms with Crippen molar-refractivity contribution in [3.8, 4) is 5.75 Å². The van der Waals surface area contributed by atoms with E-state index in [0.717, 1.165) is 6.42 Å². The van der Waals surface area contributed by atoms with E-state index in [4.69, 9.17) is 4.74 Å². The lowest BCUT2D eigenvalue weighted by molar-refractivity contribution is -0.119. The summed E-state index contributed by atoms with van der Waals surface area (Å²) in [5.74, 6) is 0.462. The van der Waals surface area contributed by atoms with Crippen LogP contribution in [-0.4, -0.2) is 34.9 Å². The third-order valence-electron chi connectivity index (χ3n) is 3.40. The molecule has 2 aromatic rings. The molecule has 7 nitrogen and oxygen atoms in total. The van der Waals surface area contributed by atoms with Gasteiger partial charge in [0.1, 0.15) is 5.75 Å². The van der Waals surface area contributed by atoms with E-state index in [1.807, 2.05) is 26.0 Å². The molecule has 1 atom stereocenters. The first-order valence-electron chi connectivity index (χ1n) is 7.73. The minimum Gasteiger partial charge on any atom is -0.495 e. The Kier molecular flexibility index (Phi) is 7.20. The van der Waals surface area contributed by atoms with Gasteiger partial charge in [-0.2, -0.15) is 0 Å². The number of ether oxygens (including phenoxy) is 1. The summed E-state index contributed by atoms with van der Waals surface area (Å²) < 4.78 is 5.82. The molecule has 0 aliphatic rings. The smallest absolute Gasteiger partial charge is 0.234 e. The molecule has 2 amide bonds. The van der Waals surface area contributed by atoms with E-state index in [1.54, 1.807) is 19.2 Å². The highest BCUT2D eigenvalue weighted by atomic mass is 32.2. The Morgan fingerprint density at radius 2 is 2.04 bits per heavy atom. The Morgan fingerprint density at radius 1 is 1.28 bits per heavy atom. The van der Waals surface area contributed by atoms with Crippen LogP contribution < -0.4 is 15.4 Å². The van der Waals surface area contributed by atoms with Gasteiger partial charge in [-0.1, -0.05) is 49.1 Å². The third kappa shape index (κ3) is 5.71. The monoisotopic (exact) mass is 380 g/mol. The van der Waals surface area contributed by atoms with E-state index < -0.39 is 0 Å². The van der Waals surface area contributed by atoms with Crippen LogP contribution in [0.4, 0.5) is 10.8 Å². The SMILES string of the molecule is CC[C@@H](C)C(=O)Nc1nnc(SCC(=O)Nc2ccccc2OC)s1. The number of thioether (sulfide) groups is 1. The van der Waals surface area contributed by atoms with Gasteiger partial charge < -0.3 is 15.4 Å². The highest BCUT2D eigenvalue weighted by Crippen LogP contribution is 2.27. The number of nitrogens with zero attached hydrogens (tertiary/aromatic N) is 2. The van der Waals surface area contributed by atoms with Crippen LogP contribution in [0.2, 0.25) is 0 Å². The Hall–Kier alpha value is -2.13. The largest absolute Gasteiger partial charge is 0.495 e. The van der Waals surface area contributed by atoms with E-state index in [1.165, 1.54) is 23.1 Å². The van der Waals surface area contributed by atoms with Gasteiger partial charge in [0.25, 0.3) is 0 Å². The normalized spacial score (nSPS) is 11.6. The highest BCUT2D eigenvalue weighted by Gasteiger charge is 2.14. The van der Waals surface area contributed by atoms with Crippen molar-refractivity contribution in [3.05, 3.63) is 24.3 Å². The van der Waals surface area contributed by atoms with Gasteiger partial charge in [-0.05, 0) is 18.6 Å². The van der Waals surface area contributed by atoms with Crippen molar-refractivity contribution < 1.29 is 14.3 Å². The predicted octanol–water partition coefficient (Wildman–Crippen LogP) is 3.26. The fraction of sp³-hybridized carbons (Fsp3) is 0.375. The number of para-hydroxylation sites is 2. The molecule has 25 heavy (non-hydrogen) atoms. The van der Waals surface area contributed by atoms with E-state index >= 15 is 0 Å². The quantitative estimate of drug-likeness (QED) is 0.539. The van der Waals surface area contributed by atoms with E-state index in [9.17, 15) is 9.59 Å². The number of anilines is 2. The molecule has 0 unspecified atom stereocenters. The van der Waals surface area contributed by atoms with Crippen LogP contribution in [0.15, 0.2) is 28.6 Å². The molecule has 0 radical (unpaired) electrons. The first-order chi connectivity index (χ1) is 12.0. The molecule has 134 valence electrons. The molecule has 1 heterocycles. The zero-order chi connectivity index (χ0) is 18.2. The Bertz CT molecular complexity index is 736. The number of rotatable bonds is 8. The molecular weight excluding hydrogens is 360 g/mol. The predicted molar refractivity (Wildman–Crippen MR) is 100 cm³/mol. The molecule has 9 heteroatoms. The Labute approximate surface area is 154 Å². The summed E-state index contributed by atoms with van der Waals surface area (Å²) in [5.41, 5.74) is 0.620. The molecular formula is C16H20N4O3S2. The highest BCUT2D eigenvalue weighted by molar-refractivity contribution is 8.01. The zero-order valence-corrected chi connectivity index (χ0v) is 15.9. The summed E-state index contributed by atoms with van der Waals surface area (Å²) >= 11 is 2.51. The van der Waals surface area contributed by atoms with Crippen LogP contribution in [0.1, 0.15) is 20.3 Å². The molecule has 0 saturated heterocycles. The molecule has 0 fully saturated rings. The Morgan fingerprint density at radius 3 is 2.76 bits per heavy atom. The second-order valence-corrected chi connectivity index (χ2v) is 7.41. The van der Waals surface area contributed by atoms with E-state index in [0.29, 0.717) is 20.9 Å². The molecule has 0 spiro atoms. The number of aromatic nitrogens is 2. The minimum absolute atomic E-state index is 0.0772. The number of benzene rings is 1. The van der Waals surface area contributed by atoms with Gasteiger partial charge in [0.15, 0.2) is 4.34 Å². The maximum Gasteiger partial charge on any atom is 0.234 e. The second-order valence-electron chi connectivity index (χ2n) is 5.21. The summed E-state index contributed by atoms with van der Waals surface area (Å²) in [5, 5.41) is 13.9. The summed E-state index contributed by atoms with van der Waals surface area (Å²) in [7, 11) is 1.55. The number of carbonyl (C=O) groups is 2. The first-order valence-corrected chi connectivity index (χ1v) is 9.53. The van der Waals surface area contributed by atoms with Crippen LogP contribution in [0.5, 0.6) is 5.75 Å². The van der Waals surface area contributed by atoms with Crippen LogP contribution in [-0.2, 0) is 9.59 Å². The van der Waals surface area contributed by atoms with Crippen LogP contribution in [0, 0.1) is 5.92 Å². The third-order valence-corrected chi connectivity index (χ3v) is 5.38. The fourth-order valence-corrected chi connectivity index (χ4v) is 3.35. The van der Waals surface area contributed by atoms with Gasteiger partial charge in [0.05, 0.1) is 18.6 Å². The molecule has 0 bridgehead atoms. The second kappa shape index (κ2) is 9.38. The number of amides is 2. The standard InChI is InChI=1S/C16H20N4O3S2/c1-4-10(2)14(22)18-15-19-20-16(25-15)24-9-13(21)17-11-7-5-6-8-12(11)23-3/h5-8,10H,4,9H2,1-3H3,(H,17,21)(H,18,19,22)/t10-/m1/s1. The topological polar surface area (TPSA) is 93.2 Å². The average Bonchev–Trinajstić information content (AvgIpc) is 3.07. The number of methoxy groups -OCH3 is 1. The summed E-state index contributed by atoms with van der Waals surface area (Å²) in [6.45, 7) is 3.81. The van der Waals surface area contributed by atoms with Crippen molar-refractivity contribution in [1.82, 2.24) is 10.2 Å². The van der Waals surface area contributed by atoms with Crippen molar-refractivity contribution in [2.24, 2.45) is 5.92 Å². The number of nitrogens with one attached hydrogen (secondary N) is 2. The van der Waals surface area contributed by atoms with E-state index in [2.05, 4.69) is 20.8 Å². The maximum atomic E-state index is 12.1. The van der Waals surface area contributed by atoms with Crippen molar-refractivity contribution in [1.29, 1.82) is 0 Å². The van der Waals surface area contributed by atoms with Gasteiger partial charge >= 0.3 is 0 Å². The van der Waals surface area contributed by atoms with Gasteiger partial charge in [-0.3, -0.25) is 9.59 Å². The van der Waals surface area contributed by atoms with Crippen LogP contribution in [0.25, 0.3) is 0 Å². The van der Waals surface area contributed by atoms with Gasteiger partial charge in [-0.25, -0.2) is 0 Å². The number of hydrogen-bond donors (Lipinski definition) is 2. The lowest BCUT2D eigenvalue weighted by Gasteiger charge is -2.08. The minimum atomic E-state index is -0.171. The summed E-state index contributed by atoms with van der Waals surface area (Å²) in [6, 6.07) is 7.20.